The largest absolute Gasteiger partial charge is 0.497 e. The fourth-order valence-corrected chi connectivity index (χ4v) is 5.47. The minimum Gasteiger partial charge on any atom is -0.497 e. The molecule has 0 radical (unpaired) electrons. The lowest BCUT2D eigenvalue weighted by molar-refractivity contribution is -0.0236. The van der Waals surface area contributed by atoms with Crippen LogP contribution in [0.3, 0.4) is 0 Å². The number of likely N-dealkylation sites (N-methyl/N-ethyl adjacent to an activating group) is 1. The van der Waals surface area contributed by atoms with Crippen LogP contribution in [-0.2, 0) is 16.0 Å². The van der Waals surface area contributed by atoms with E-state index in [2.05, 4.69) is 62.3 Å². The number of benzene rings is 2. The summed E-state index contributed by atoms with van der Waals surface area (Å²) in [6, 6.07) is 18.5. The number of nitrogens with zero attached hydrogens (tertiary/aromatic N) is 2. The van der Waals surface area contributed by atoms with Crippen LogP contribution in [0.5, 0.6) is 5.75 Å². The number of hydrogen-bond acceptors (Lipinski definition) is 5. The summed E-state index contributed by atoms with van der Waals surface area (Å²) in [6.07, 6.45) is 2.26. The topological polar surface area (TPSA) is 66.6 Å². The van der Waals surface area contributed by atoms with Crippen LogP contribution in [0.4, 0.5) is 4.79 Å². The molecule has 0 bridgehead atoms. The number of likely N-dealkylation sites (tertiary alicyclic amines) is 1. The zero-order valence-corrected chi connectivity index (χ0v) is 23.6. The van der Waals surface area contributed by atoms with Crippen molar-refractivity contribution in [3.05, 3.63) is 65.7 Å². The molecule has 208 valence electrons. The van der Waals surface area contributed by atoms with Crippen LogP contribution in [0.15, 0.2) is 54.6 Å². The summed E-state index contributed by atoms with van der Waals surface area (Å²) in [5, 5.41) is 3.09. The minimum absolute atomic E-state index is 0.0165. The van der Waals surface area contributed by atoms with Gasteiger partial charge in [0.15, 0.2) is 0 Å². The van der Waals surface area contributed by atoms with Gasteiger partial charge < -0.3 is 29.3 Å². The van der Waals surface area contributed by atoms with Gasteiger partial charge in [0.1, 0.15) is 11.9 Å². The van der Waals surface area contributed by atoms with Crippen LogP contribution in [-0.4, -0.2) is 74.5 Å². The monoisotopic (exact) mass is 523 g/mol. The summed E-state index contributed by atoms with van der Waals surface area (Å²) < 4.78 is 17.7. The molecule has 1 N–H and O–H groups in total. The first-order valence-electron chi connectivity index (χ1n) is 14.0. The number of carbonyl (C=O) groups is 1. The highest BCUT2D eigenvalue weighted by atomic mass is 16.6. The summed E-state index contributed by atoms with van der Waals surface area (Å²) in [4.78, 5) is 17.5. The van der Waals surface area contributed by atoms with Gasteiger partial charge in [0, 0.05) is 38.8 Å². The van der Waals surface area contributed by atoms with E-state index >= 15 is 0 Å². The van der Waals surface area contributed by atoms with Crippen molar-refractivity contribution in [1.29, 1.82) is 0 Å². The van der Waals surface area contributed by atoms with E-state index < -0.39 is 0 Å². The second-order valence-electron chi connectivity index (χ2n) is 11.3. The molecule has 2 aromatic carbocycles. The van der Waals surface area contributed by atoms with Crippen molar-refractivity contribution >= 4 is 6.03 Å². The number of amides is 2. The summed E-state index contributed by atoms with van der Waals surface area (Å²) in [5.41, 5.74) is 2.31. The molecule has 2 fully saturated rings. The summed E-state index contributed by atoms with van der Waals surface area (Å²) in [7, 11) is 3.85. The summed E-state index contributed by atoms with van der Waals surface area (Å²) in [5.74, 6) is 1.69. The lowest BCUT2D eigenvalue weighted by atomic mass is 9.98. The van der Waals surface area contributed by atoms with Crippen molar-refractivity contribution in [2.75, 3.05) is 40.4 Å². The van der Waals surface area contributed by atoms with Gasteiger partial charge in [-0.05, 0) is 55.0 Å². The maximum Gasteiger partial charge on any atom is 0.317 e. The Bertz CT molecular complexity index is 1000. The first kappa shape index (κ1) is 28.4. The van der Waals surface area contributed by atoms with Crippen molar-refractivity contribution in [3.8, 4) is 5.75 Å². The molecule has 2 aliphatic heterocycles. The molecule has 2 amide bonds. The van der Waals surface area contributed by atoms with Crippen molar-refractivity contribution in [1.82, 2.24) is 15.1 Å². The van der Waals surface area contributed by atoms with E-state index in [1.54, 1.807) is 7.11 Å². The first-order chi connectivity index (χ1) is 18.4. The van der Waals surface area contributed by atoms with E-state index in [1.807, 2.05) is 35.2 Å². The predicted octanol–water partition coefficient (Wildman–Crippen LogP) is 5.12. The molecule has 4 rings (SSSR count). The highest BCUT2D eigenvalue weighted by Gasteiger charge is 2.44. The molecule has 2 heterocycles. The normalized spacial score (nSPS) is 24.2. The van der Waals surface area contributed by atoms with Gasteiger partial charge in [-0.15, -0.1) is 0 Å². The quantitative estimate of drug-likeness (QED) is 0.414. The van der Waals surface area contributed by atoms with Gasteiger partial charge in [-0.2, -0.15) is 0 Å². The van der Waals surface area contributed by atoms with Crippen LogP contribution in [0.1, 0.15) is 50.8 Å². The van der Waals surface area contributed by atoms with Crippen molar-refractivity contribution in [2.24, 2.45) is 11.8 Å². The molecule has 38 heavy (non-hydrogen) atoms. The van der Waals surface area contributed by atoms with Gasteiger partial charge in [0.25, 0.3) is 0 Å². The standard InChI is InChI=1S/C31H45N3O4/c1-22(2)21-37-28-16-18-34(31(35)32-19-24-11-13-26(36-5)14-12-24)17-15-27(28)33(4)20-23(3)29-30(38-29)25-9-7-6-8-10-25/h6-14,22-23,27-30H,15-21H2,1-5H3,(H,32,35)/t23-,27-,28-,29-,30-/m0/s1. The third-order valence-corrected chi connectivity index (χ3v) is 7.70. The number of nitrogens with one attached hydrogen (secondary N) is 1. The lowest BCUT2D eigenvalue weighted by Crippen LogP contribution is -2.45. The maximum atomic E-state index is 13.1. The third kappa shape index (κ3) is 7.71. The molecular weight excluding hydrogens is 478 g/mol. The molecule has 2 aromatic rings. The highest BCUT2D eigenvalue weighted by Crippen LogP contribution is 2.43. The molecule has 7 nitrogen and oxygen atoms in total. The van der Waals surface area contributed by atoms with Crippen LogP contribution in [0.2, 0.25) is 0 Å². The first-order valence-corrected chi connectivity index (χ1v) is 14.0. The Balaban J connectivity index is 1.33. The average molecular weight is 524 g/mol. The zero-order valence-electron chi connectivity index (χ0n) is 23.6. The molecule has 2 saturated heterocycles. The Morgan fingerprint density at radius 3 is 2.47 bits per heavy atom. The number of hydrogen-bond donors (Lipinski definition) is 1. The van der Waals surface area contributed by atoms with Crippen LogP contribution in [0.25, 0.3) is 0 Å². The Labute approximate surface area is 228 Å². The number of rotatable bonds is 11. The third-order valence-electron chi connectivity index (χ3n) is 7.70. The lowest BCUT2D eigenvalue weighted by Gasteiger charge is -2.35. The molecule has 0 aromatic heterocycles. The molecule has 5 atom stereocenters. The Kier molecular flexibility index (Phi) is 10.1. The van der Waals surface area contributed by atoms with Crippen molar-refractivity contribution in [3.63, 3.8) is 0 Å². The Hall–Kier alpha value is -2.61. The molecule has 2 aliphatic rings. The van der Waals surface area contributed by atoms with E-state index in [0.29, 0.717) is 31.5 Å². The number of carbonyl (C=O) groups excluding carboxylic acids is 1. The van der Waals surface area contributed by atoms with Crippen molar-refractivity contribution < 1.29 is 19.0 Å². The number of ether oxygens (including phenoxy) is 3. The second kappa shape index (κ2) is 13.5. The molecular formula is C31H45N3O4. The second-order valence-corrected chi connectivity index (χ2v) is 11.3. The SMILES string of the molecule is COc1ccc(CNC(=O)N2CC[C@H](OCC(C)C)[C@@H](N(C)C[C@H](C)[C@@H]3O[C@H]3c3ccccc3)CC2)cc1. The van der Waals surface area contributed by atoms with Crippen LogP contribution >= 0.6 is 0 Å². The van der Waals surface area contributed by atoms with E-state index in [-0.39, 0.29) is 30.4 Å². The minimum atomic E-state index is -0.0165. The summed E-state index contributed by atoms with van der Waals surface area (Å²) >= 11 is 0. The van der Waals surface area contributed by atoms with Gasteiger partial charge >= 0.3 is 6.03 Å². The molecule has 0 spiro atoms. The number of methoxy groups -OCH3 is 1. The molecule has 0 unspecified atom stereocenters. The Morgan fingerprint density at radius 1 is 1.08 bits per heavy atom. The maximum absolute atomic E-state index is 13.1. The van der Waals surface area contributed by atoms with Gasteiger partial charge in [-0.3, -0.25) is 0 Å². The van der Waals surface area contributed by atoms with Gasteiger partial charge in [-0.1, -0.05) is 63.2 Å². The van der Waals surface area contributed by atoms with Gasteiger partial charge in [0.05, 0.1) is 19.3 Å². The summed E-state index contributed by atoms with van der Waals surface area (Å²) in [6.45, 7) is 10.2. The van der Waals surface area contributed by atoms with Gasteiger partial charge in [-0.25, -0.2) is 4.79 Å². The highest BCUT2D eigenvalue weighted by molar-refractivity contribution is 5.74. The van der Waals surface area contributed by atoms with Gasteiger partial charge in [0.2, 0.25) is 0 Å². The smallest absolute Gasteiger partial charge is 0.317 e. The zero-order chi connectivity index (χ0) is 27.1. The van der Waals surface area contributed by atoms with Crippen LogP contribution in [0, 0.1) is 11.8 Å². The molecule has 7 heteroatoms. The average Bonchev–Trinajstić information content (AvgIpc) is 3.75. The van der Waals surface area contributed by atoms with E-state index in [1.165, 1.54) is 5.56 Å². The number of urea groups is 1. The number of epoxide rings is 1. The van der Waals surface area contributed by atoms with E-state index in [9.17, 15) is 4.79 Å². The fourth-order valence-electron chi connectivity index (χ4n) is 5.47. The fraction of sp³-hybridized carbons (Fsp3) is 0.581. The van der Waals surface area contributed by atoms with E-state index in [4.69, 9.17) is 14.2 Å². The van der Waals surface area contributed by atoms with Crippen LogP contribution < -0.4 is 10.1 Å². The van der Waals surface area contributed by atoms with Crippen molar-refractivity contribution in [2.45, 2.75) is 64.5 Å². The van der Waals surface area contributed by atoms with E-state index in [0.717, 1.165) is 37.3 Å². The molecule has 0 saturated carbocycles. The molecule has 0 aliphatic carbocycles. The Morgan fingerprint density at radius 2 is 1.79 bits per heavy atom. The predicted molar refractivity (Wildman–Crippen MR) is 150 cm³/mol.